The van der Waals surface area contributed by atoms with Gasteiger partial charge in [-0.25, -0.2) is 4.99 Å². The van der Waals surface area contributed by atoms with E-state index in [1.165, 1.54) is 12.3 Å². The lowest BCUT2D eigenvalue weighted by Gasteiger charge is -2.33. The summed E-state index contributed by atoms with van der Waals surface area (Å²) in [5.74, 6) is 0.116. The van der Waals surface area contributed by atoms with Crippen LogP contribution in [0, 0.1) is 5.92 Å². The number of hydrogen-bond donors (Lipinski definition) is 1. The smallest absolute Gasteiger partial charge is 0.274 e. The van der Waals surface area contributed by atoms with Gasteiger partial charge in [-0.15, -0.1) is 0 Å². The number of carbonyl (C=O) groups is 1. The second kappa shape index (κ2) is 7.27. The van der Waals surface area contributed by atoms with Gasteiger partial charge in [0.05, 0.1) is 5.92 Å². The molecule has 2 aliphatic heterocycles. The average Bonchev–Trinajstić information content (AvgIpc) is 3.41. The first-order valence-electron chi connectivity index (χ1n) is 9.78. The third kappa shape index (κ3) is 3.46. The monoisotopic (exact) mass is 393 g/mol. The Labute approximate surface area is 166 Å². The molecular weight excluding hydrogens is 373 g/mol. The molecule has 0 spiro atoms. The lowest BCUT2D eigenvalue weighted by molar-refractivity contribution is -0.134. The first-order valence-corrected chi connectivity index (χ1v) is 9.78. The number of para-hydroxylation sites is 1. The molecule has 1 N–H and O–H groups in total. The Kier molecular flexibility index (Phi) is 4.46. The van der Waals surface area contributed by atoms with Crippen LogP contribution in [-0.2, 0) is 4.79 Å². The van der Waals surface area contributed by atoms with E-state index in [9.17, 15) is 9.18 Å². The first kappa shape index (κ1) is 17.8. The quantitative estimate of drug-likeness (QED) is 0.685. The summed E-state index contributed by atoms with van der Waals surface area (Å²) in [6.45, 7) is 1.21. The molecule has 148 valence electrons. The Morgan fingerprint density at radius 1 is 1.31 bits per heavy atom. The van der Waals surface area contributed by atoms with Crippen LogP contribution < -0.4 is 0 Å². The van der Waals surface area contributed by atoms with Gasteiger partial charge in [0.15, 0.2) is 5.82 Å². The molecule has 2 aromatic heterocycles. The number of aliphatic imine (C=N–C) groups is 1. The highest BCUT2D eigenvalue weighted by Gasteiger charge is 2.31. The Balaban J connectivity index is 1.31. The summed E-state index contributed by atoms with van der Waals surface area (Å²) in [6, 6.07) is 9.95. The minimum atomic E-state index is -0.526. The summed E-state index contributed by atoms with van der Waals surface area (Å²) in [7, 11) is 0. The molecule has 0 saturated carbocycles. The lowest BCUT2D eigenvalue weighted by Crippen LogP contribution is -2.43. The Hall–Kier alpha value is -3.29. The van der Waals surface area contributed by atoms with Gasteiger partial charge in [0, 0.05) is 36.1 Å². The number of nitrogens with zero attached hydrogens (tertiary/aromatic N) is 4. The number of aromatic nitrogens is 3. The third-order valence-electron chi connectivity index (χ3n) is 5.54. The molecule has 7 nitrogen and oxygen atoms in total. The summed E-state index contributed by atoms with van der Waals surface area (Å²) in [5, 5.41) is 5.25. The summed E-state index contributed by atoms with van der Waals surface area (Å²) in [6.07, 6.45) is 4.87. The summed E-state index contributed by atoms with van der Waals surface area (Å²) in [4.78, 5) is 26.1. The van der Waals surface area contributed by atoms with Crippen molar-refractivity contribution in [2.75, 3.05) is 13.1 Å². The molecule has 4 heterocycles. The normalized spacial score (nSPS) is 22.1. The second-order valence-corrected chi connectivity index (χ2v) is 7.50. The van der Waals surface area contributed by atoms with E-state index in [0.29, 0.717) is 31.2 Å². The Morgan fingerprint density at radius 3 is 3.03 bits per heavy atom. The Morgan fingerprint density at radius 2 is 2.21 bits per heavy atom. The largest absolute Gasteiger partial charge is 0.351 e. The number of likely N-dealkylation sites (tertiary alicyclic amines) is 1. The van der Waals surface area contributed by atoms with Crippen LogP contribution in [0.3, 0.4) is 0 Å². The molecule has 0 aliphatic carbocycles. The number of H-pyrrole nitrogens is 1. The van der Waals surface area contributed by atoms with Gasteiger partial charge < -0.3 is 14.4 Å². The van der Waals surface area contributed by atoms with E-state index in [-0.39, 0.29) is 11.8 Å². The minimum absolute atomic E-state index is 0.0161. The maximum Gasteiger partial charge on any atom is 0.274 e. The van der Waals surface area contributed by atoms with Crippen molar-refractivity contribution in [1.82, 2.24) is 20.0 Å². The molecule has 1 aromatic carbocycles. The highest BCUT2D eigenvalue weighted by atomic mass is 19.1. The van der Waals surface area contributed by atoms with Crippen molar-refractivity contribution in [3.05, 3.63) is 48.2 Å². The molecule has 2 unspecified atom stereocenters. The number of allylic oxidation sites excluding steroid dienone is 1. The van der Waals surface area contributed by atoms with Gasteiger partial charge in [-0.3, -0.25) is 4.79 Å². The van der Waals surface area contributed by atoms with E-state index in [1.54, 1.807) is 4.90 Å². The maximum atomic E-state index is 13.1. The molecule has 1 fully saturated rings. The zero-order chi connectivity index (χ0) is 19.8. The molecule has 2 atom stereocenters. The molecular formula is C21H20FN5O2. The van der Waals surface area contributed by atoms with Crippen LogP contribution in [0.1, 0.15) is 31.0 Å². The number of hydrogen-bond acceptors (Lipinski definition) is 5. The zero-order valence-electron chi connectivity index (χ0n) is 15.7. The molecule has 5 rings (SSSR count). The number of carbonyl (C=O) groups excluding carboxylic acids is 1. The summed E-state index contributed by atoms with van der Waals surface area (Å²) >= 11 is 0. The molecule has 8 heteroatoms. The van der Waals surface area contributed by atoms with Gasteiger partial charge in [-0.05, 0) is 37.5 Å². The number of aromatic amines is 1. The molecule has 29 heavy (non-hydrogen) atoms. The van der Waals surface area contributed by atoms with Crippen molar-refractivity contribution >= 4 is 23.0 Å². The van der Waals surface area contributed by atoms with Gasteiger partial charge in [-0.1, -0.05) is 23.4 Å². The maximum absolute atomic E-state index is 13.1. The van der Waals surface area contributed by atoms with Gasteiger partial charge in [-0.2, -0.15) is 9.37 Å². The van der Waals surface area contributed by atoms with Crippen LogP contribution in [-0.4, -0.2) is 45.2 Å². The predicted octanol–water partition coefficient (Wildman–Crippen LogP) is 3.83. The topological polar surface area (TPSA) is 87.4 Å². The van der Waals surface area contributed by atoms with Crippen molar-refractivity contribution in [3.63, 3.8) is 0 Å². The van der Waals surface area contributed by atoms with Crippen LogP contribution in [0.15, 0.2) is 51.9 Å². The van der Waals surface area contributed by atoms with Crippen LogP contribution in [0.25, 0.3) is 22.5 Å². The molecule has 1 amide bonds. The molecule has 2 aliphatic rings. The van der Waals surface area contributed by atoms with Crippen molar-refractivity contribution in [2.24, 2.45) is 10.9 Å². The van der Waals surface area contributed by atoms with E-state index in [0.717, 1.165) is 29.4 Å². The minimum Gasteiger partial charge on any atom is -0.351 e. The van der Waals surface area contributed by atoms with Crippen molar-refractivity contribution < 1.29 is 13.7 Å². The van der Waals surface area contributed by atoms with Crippen molar-refractivity contribution in [1.29, 1.82) is 0 Å². The van der Waals surface area contributed by atoms with E-state index >= 15 is 0 Å². The fourth-order valence-corrected chi connectivity index (χ4v) is 3.98. The summed E-state index contributed by atoms with van der Waals surface area (Å²) < 4.78 is 18.6. The van der Waals surface area contributed by atoms with Gasteiger partial charge >= 0.3 is 0 Å². The lowest BCUT2D eigenvalue weighted by atomic mass is 9.95. The second-order valence-electron chi connectivity index (χ2n) is 7.50. The van der Waals surface area contributed by atoms with Crippen molar-refractivity contribution in [2.45, 2.75) is 25.2 Å². The van der Waals surface area contributed by atoms with Crippen LogP contribution in [0.5, 0.6) is 0 Å². The molecule has 0 bridgehead atoms. The molecule has 1 saturated heterocycles. The average molecular weight is 393 g/mol. The van der Waals surface area contributed by atoms with Crippen LogP contribution in [0.4, 0.5) is 4.39 Å². The van der Waals surface area contributed by atoms with Gasteiger partial charge in [0.25, 0.3) is 5.89 Å². The number of nitrogens with one attached hydrogen (secondary N) is 1. The zero-order valence-corrected chi connectivity index (χ0v) is 15.7. The molecule has 3 aromatic rings. The number of piperidine rings is 1. The fraction of sp³-hybridized carbons (Fsp3) is 0.333. The van der Waals surface area contributed by atoms with E-state index in [2.05, 4.69) is 20.1 Å². The Bertz CT molecular complexity index is 1080. The molecule has 0 radical (unpaired) electrons. The third-order valence-corrected chi connectivity index (χ3v) is 5.54. The van der Waals surface area contributed by atoms with Crippen molar-refractivity contribution in [3.8, 4) is 11.6 Å². The number of amides is 1. The van der Waals surface area contributed by atoms with E-state index in [4.69, 9.17) is 4.52 Å². The van der Waals surface area contributed by atoms with Crippen LogP contribution in [0.2, 0.25) is 0 Å². The SMILES string of the molecule is O=C(C1C=NC(F)=CC1)N1CCCC(c2noc(-c3cc4ccccc4[nH]3)n2)C1. The highest BCUT2D eigenvalue weighted by molar-refractivity contribution is 5.94. The highest BCUT2D eigenvalue weighted by Crippen LogP contribution is 2.29. The predicted molar refractivity (Wildman–Crippen MR) is 106 cm³/mol. The van der Waals surface area contributed by atoms with Crippen LogP contribution >= 0.6 is 0 Å². The van der Waals surface area contributed by atoms with Gasteiger partial charge in [0.1, 0.15) is 5.69 Å². The number of benzene rings is 1. The van der Waals surface area contributed by atoms with E-state index < -0.39 is 11.9 Å². The number of fused-ring (bicyclic) bond motifs is 1. The fourth-order valence-electron chi connectivity index (χ4n) is 3.98. The number of rotatable bonds is 3. The first-order chi connectivity index (χ1) is 14.2. The number of halogens is 1. The summed E-state index contributed by atoms with van der Waals surface area (Å²) in [5.41, 5.74) is 1.79. The van der Waals surface area contributed by atoms with Gasteiger partial charge in [0.2, 0.25) is 11.9 Å². The standard InChI is InChI=1S/C21H20FN5O2/c22-18-8-7-14(11-23-18)21(28)27-9-3-5-15(12-27)19-25-20(29-26-19)17-10-13-4-1-2-6-16(13)24-17/h1-2,4,6,8,10-11,14-15,24H,3,5,7,9,12H2. The van der Waals surface area contributed by atoms with E-state index in [1.807, 2.05) is 30.3 Å².